The number of pyridine rings is 1. The Morgan fingerprint density at radius 2 is 1.92 bits per heavy atom. The van der Waals surface area contributed by atoms with Gasteiger partial charge < -0.3 is 15.0 Å². The molecule has 0 bridgehead atoms. The van der Waals surface area contributed by atoms with Gasteiger partial charge in [-0.1, -0.05) is 32.0 Å². The Morgan fingerprint density at radius 1 is 1.15 bits per heavy atom. The molecule has 0 unspecified atom stereocenters. The second-order valence-corrected chi connectivity index (χ2v) is 6.51. The number of para-hydroxylation sites is 1. The zero-order valence-corrected chi connectivity index (χ0v) is 15.1. The quantitative estimate of drug-likeness (QED) is 0.739. The van der Waals surface area contributed by atoms with Gasteiger partial charge in [0.05, 0.1) is 12.7 Å². The largest absolute Gasteiger partial charge is 0.496 e. The summed E-state index contributed by atoms with van der Waals surface area (Å²) in [5.74, 6) is 0.622. The fourth-order valence-corrected chi connectivity index (χ4v) is 2.86. The fraction of sp³-hybridized carbons (Fsp3) is 0.238. The molecule has 0 spiro atoms. The van der Waals surface area contributed by atoms with Crippen molar-refractivity contribution in [1.29, 1.82) is 0 Å². The molecule has 2 aromatic carbocycles. The van der Waals surface area contributed by atoms with E-state index in [2.05, 4.69) is 30.2 Å². The molecule has 0 saturated carbocycles. The van der Waals surface area contributed by atoms with Crippen LogP contribution in [0.15, 0.2) is 53.3 Å². The van der Waals surface area contributed by atoms with E-state index >= 15 is 0 Å². The van der Waals surface area contributed by atoms with Crippen LogP contribution in [0.25, 0.3) is 10.9 Å². The number of nitrogens with one attached hydrogen (secondary N) is 2. The van der Waals surface area contributed by atoms with E-state index in [9.17, 15) is 9.59 Å². The van der Waals surface area contributed by atoms with Crippen LogP contribution in [-0.4, -0.2) is 18.0 Å². The highest BCUT2D eigenvalue weighted by molar-refractivity contribution is 5.96. The number of hydrogen-bond donors (Lipinski definition) is 2. The minimum atomic E-state index is -0.280. The van der Waals surface area contributed by atoms with Crippen molar-refractivity contribution in [3.8, 4) is 5.75 Å². The summed E-state index contributed by atoms with van der Waals surface area (Å²) in [5, 5.41) is 3.75. The van der Waals surface area contributed by atoms with Crippen LogP contribution >= 0.6 is 0 Å². The van der Waals surface area contributed by atoms with Crippen molar-refractivity contribution in [3.05, 3.63) is 75.6 Å². The maximum absolute atomic E-state index is 12.4. The van der Waals surface area contributed by atoms with Crippen LogP contribution in [0.1, 0.15) is 41.3 Å². The molecule has 1 aromatic heterocycles. The second kappa shape index (κ2) is 7.44. The number of carbonyl (C=O) groups is 1. The van der Waals surface area contributed by atoms with E-state index in [-0.39, 0.29) is 18.0 Å². The Labute approximate surface area is 152 Å². The number of ether oxygens (including phenoxy) is 1. The fourth-order valence-electron chi connectivity index (χ4n) is 2.86. The van der Waals surface area contributed by atoms with E-state index in [1.807, 2.05) is 18.2 Å². The summed E-state index contributed by atoms with van der Waals surface area (Å²) in [6.07, 6.45) is 0. The van der Waals surface area contributed by atoms with E-state index < -0.39 is 0 Å². The van der Waals surface area contributed by atoms with Gasteiger partial charge in [-0.3, -0.25) is 9.59 Å². The number of hydrogen-bond acceptors (Lipinski definition) is 3. The molecule has 1 heterocycles. The Balaban J connectivity index is 1.85. The summed E-state index contributed by atoms with van der Waals surface area (Å²) in [6.45, 7) is 4.40. The van der Waals surface area contributed by atoms with E-state index in [4.69, 9.17) is 4.74 Å². The molecule has 0 aliphatic carbocycles. The first-order valence-electron chi connectivity index (χ1n) is 8.56. The maximum Gasteiger partial charge on any atom is 0.255 e. The van der Waals surface area contributed by atoms with Crippen LogP contribution in [0.4, 0.5) is 0 Å². The lowest BCUT2D eigenvalue weighted by Gasteiger charge is -2.10. The van der Waals surface area contributed by atoms with Crippen LogP contribution in [-0.2, 0) is 6.54 Å². The molecule has 5 nitrogen and oxygen atoms in total. The number of methoxy groups -OCH3 is 1. The average Bonchev–Trinajstić information content (AvgIpc) is 2.65. The van der Waals surface area contributed by atoms with Gasteiger partial charge in [-0.25, -0.2) is 0 Å². The van der Waals surface area contributed by atoms with Crippen molar-refractivity contribution in [2.75, 3.05) is 7.11 Å². The lowest BCUT2D eigenvalue weighted by molar-refractivity contribution is 0.0948. The number of amides is 1. The first kappa shape index (κ1) is 17.7. The van der Waals surface area contributed by atoms with Crippen LogP contribution in [0, 0.1) is 0 Å². The third-order valence-electron chi connectivity index (χ3n) is 4.40. The minimum Gasteiger partial charge on any atom is -0.496 e. The van der Waals surface area contributed by atoms with E-state index in [1.54, 1.807) is 24.3 Å². The molecule has 3 aromatic rings. The molecule has 5 heteroatoms. The third kappa shape index (κ3) is 3.61. The van der Waals surface area contributed by atoms with Crippen LogP contribution in [0.3, 0.4) is 0 Å². The van der Waals surface area contributed by atoms with Gasteiger partial charge in [-0.2, -0.15) is 0 Å². The van der Waals surface area contributed by atoms with Gasteiger partial charge in [-0.05, 0) is 47.2 Å². The molecule has 0 aliphatic rings. The molecule has 0 saturated heterocycles. The lowest BCUT2D eigenvalue weighted by atomic mass is 10.0. The van der Waals surface area contributed by atoms with Gasteiger partial charge in [0.25, 0.3) is 11.5 Å². The molecule has 3 rings (SSSR count). The Morgan fingerprint density at radius 3 is 2.65 bits per heavy atom. The minimum absolute atomic E-state index is 0.147. The number of fused-ring (bicyclic) bond motifs is 1. The molecule has 1 amide bonds. The van der Waals surface area contributed by atoms with Crippen molar-refractivity contribution in [2.45, 2.75) is 26.3 Å². The molecular weight excluding hydrogens is 328 g/mol. The van der Waals surface area contributed by atoms with Crippen LogP contribution in [0.2, 0.25) is 0 Å². The molecule has 0 aliphatic heterocycles. The molecule has 0 fully saturated rings. The van der Waals surface area contributed by atoms with Crippen molar-refractivity contribution in [3.63, 3.8) is 0 Å². The third-order valence-corrected chi connectivity index (χ3v) is 4.40. The number of aromatic nitrogens is 1. The number of aromatic amines is 1. The molecule has 2 N–H and O–H groups in total. The average molecular weight is 350 g/mol. The Kier molecular flexibility index (Phi) is 5.07. The van der Waals surface area contributed by atoms with Gasteiger partial charge >= 0.3 is 0 Å². The predicted octanol–water partition coefficient (Wildman–Crippen LogP) is 3.59. The first-order chi connectivity index (χ1) is 12.5. The summed E-state index contributed by atoms with van der Waals surface area (Å²) in [7, 11) is 1.52. The van der Waals surface area contributed by atoms with E-state index in [0.717, 1.165) is 10.9 Å². The highest BCUT2D eigenvalue weighted by atomic mass is 16.5. The van der Waals surface area contributed by atoms with E-state index in [0.29, 0.717) is 22.8 Å². The number of carbonyl (C=O) groups excluding carboxylic acids is 1. The summed E-state index contributed by atoms with van der Waals surface area (Å²) in [4.78, 5) is 27.6. The Bertz CT molecular complexity index is 1010. The van der Waals surface area contributed by atoms with Crippen molar-refractivity contribution in [1.82, 2.24) is 10.3 Å². The molecule has 0 atom stereocenters. The molecule has 134 valence electrons. The van der Waals surface area contributed by atoms with Gasteiger partial charge in [0.1, 0.15) is 5.75 Å². The first-order valence-corrected chi connectivity index (χ1v) is 8.56. The molecular formula is C21H22N2O3. The smallest absolute Gasteiger partial charge is 0.255 e. The van der Waals surface area contributed by atoms with Gasteiger partial charge in [-0.15, -0.1) is 0 Å². The predicted molar refractivity (Wildman–Crippen MR) is 103 cm³/mol. The van der Waals surface area contributed by atoms with E-state index in [1.165, 1.54) is 12.7 Å². The molecule has 0 radical (unpaired) electrons. The number of rotatable bonds is 5. The summed E-state index contributed by atoms with van der Waals surface area (Å²) in [6, 6.07) is 14.8. The topological polar surface area (TPSA) is 71.2 Å². The van der Waals surface area contributed by atoms with Crippen LogP contribution < -0.4 is 15.6 Å². The Hall–Kier alpha value is -3.08. The normalized spacial score (nSPS) is 10.9. The number of H-pyrrole nitrogens is 1. The van der Waals surface area contributed by atoms with Gasteiger partial charge in [0.15, 0.2) is 0 Å². The van der Waals surface area contributed by atoms with Gasteiger partial charge in [0.2, 0.25) is 0 Å². The SMILES string of the molecule is COc1ccccc1C(=O)NCc1cc2cc(C(C)C)ccc2[nH]c1=O. The zero-order chi connectivity index (χ0) is 18.7. The summed E-state index contributed by atoms with van der Waals surface area (Å²) >= 11 is 0. The van der Waals surface area contributed by atoms with Crippen molar-refractivity contribution in [2.24, 2.45) is 0 Å². The standard InChI is InChI=1S/C21H22N2O3/c1-13(2)14-8-9-18-15(10-14)11-16(20(24)23-18)12-22-21(25)17-6-4-5-7-19(17)26-3/h4-11,13H,12H2,1-3H3,(H,22,25)(H,23,24). The van der Waals surface area contributed by atoms with Crippen molar-refractivity contribution >= 4 is 16.8 Å². The lowest BCUT2D eigenvalue weighted by Crippen LogP contribution is -2.27. The highest BCUT2D eigenvalue weighted by Crippen LogP contribution is 2.20. The monoisotopic (exact) mass is 350 g/mol. The maximum atomic E-state index is 12.4. The van der Waals surface area contributed by atoms with Crippen LogP contribution in [0.5, 0.6) is 5.75 Å². The summed E-state index contributed by atoms with van der Waals surface area (Å²) < 4.78 is 5.21. The summed E-state index contributed by atoms with van der Waals surface area (Å²) in [5.41, 5.74) is 2.75. The van der Waals surface area contributed by atoms with Gasteiger partial charge in [0, 0.05) is 17.6 Å². The van der Waals surface area contributed by atoms with Crippen molar-refractivity contribution < 1.29 is 9.53 Å². The second-order valence-electron chi connectivity index (χ2n) is 6.51. The number of benzene rings is 2. The zero-order valence-electron chi connectivity index (χ0n) is 15.1. The molecule has 26 heavy (non-hydrogen) atoms. The highest BCUT2D eigenvalue weighted by Gasteiger charge is 2.12.